The van der Waals surface area contributed by atoms with Crippen LogP contribution in [0.3, 0.4) is 0 Å². The van der Waals surface area contributed by atoms with Crippen molar-refractivity contribution in [2.75, 3.05) is 14.2 Å². The molecule has 25 heavy (non-hydrogen) atoms. The van der Waals surface area contributed by atoms with E-state index in [0.717, 1.165) is 34.5 Å². The molecular formula is C21H21O4+. The number of rotatable bonds is 5. The quantitative estimate of drug-likeness (QED) is 0.634. The van der Waals surface area contributed by atoms with E-state index in [0.29, 0.717) is 11.3 Å². The van der Waals surface area contributed by atoms with E-state index in [2.05, 4.69) is 0 Å². The Kier molecular flexibility index (Phi) is 4.89. The molecule has 0 saturated carbocycles. The summed E-state index contributed by atoms with van der Waals surface area (Å²) in [4.78, 5) is 0. The lowest BCUT2D eigenvalue weighted by Crippen LogP contribution is -1.90. The van der Waals surface area contributed by atoms with Gasteiger partial charge in [-0.3, -0.25) is 0 Å². The van der Waals surface area contributed by atoms with Crippen LogP contribution in [0, 0.1) is 0 Å². The van der Waals surface area contributed by atoms with Crippen molar-refractivity contribution in [1.29, 1.82) is 0 Å². The number of phenols is 1. The Morgan fingerprint density at radius 3 is 2.44 bits per heavy atom. The molecule has 0 saturated heterocycles. The predicted molar refractivity (Wildman–Crippen MR) is 100.0 cm³/mol. The highest BCUT2D eigenvalue weighted by atomic mass is 16.5. The van der Waals surface area contributed by atoms with Crippen molar-refractivity contribution >= 4 is 22.6 Å². The van der Waals surface area contributed by atoms with E-state index < -0.39 is 0 Å². The van der Waals surface area contributed by atoms with Crippen LogP contribution in [0.2, 0.25) is 0 Å². The van der Waals surface area contributed by atoms with Crippen LogP contribution in [0.4, 0.5) is 0 Å². The van der Waals surface area contributed by atoms with E-state index in [1.807, 2.05) is 49.4 Å². The average Bonchev–Trinajstić information content (AvgIpc) is 2.65. The van der Waals surface area contributed by atoms with Crippen molar-refractivity contribution in [3.05, 3.63) is 59.9 Å². The van der Waals surface area contributed by atoms with Crippen LogP contribution in [0.1, 0.15) is 24.7 Å². The number of hydrogen-bond acceptors (Lipinski definition) is 3. The number of phenolic OH excluding ortho intramolecular Hbond substituents is 1. The molecule has 0 unspecified atom stereocenters. The van der Waals surface area contributed by atoms with Crippen LogP contribution in [0.15, 0.2) is 52.9 Å². The molecule has 2 aromatic carbocycles. The SMILES string of the molecule is CC/C(=C/c1c(O)cccc1OC)c1ccc2c(OC)cccc2[o+]1. The minimum absolute atomic E-state index is 0.174. The standard InChI is InChI=1S/C21H20O4/c1-4-14(13-16-17(22)7-5-8-20(16)24-3)18-12-11-15-19(23-2)9-6-10-21(15)25-18/h5-13H,4H2,1-3H3/p+1/b14-13-. The zero-order chi connectivity index (χ0) is 17.8. The van der Waals surface area contributed by atoms with E-state index >= 15 is 0 Å². The Balaban J connectivity index is 2.12. The summed E-state index contributed by atoms with van der Waals surface area (Å²) in [5.41, 5.74) is 2.35. The molecule has 1 N–H and O–H groups in total. The second-order valence-electron chi connectivity index (χ2n) is 5.59. The van der Waals surface area contributed by atoms with Gasteiger partial charge in [0.05, 0.1) is 25.4 Å². The van der Waals surface area contributed by atoms with Crippen molar-refractivity contribution in [2.24, 2.45) is 0 Å². The Labute approximate surface area is 146 Å². The van der Waals surface area contributed by atoms with Gasteiger partial charge in [0, 0.05) is 12.1 Å². The number of methoxy groups -OCH3 is 2. The summed E-state index contributed by atoms with van der Waals surface area (Å²) in [6.07, 6.45) is 2.65. The Morgan fingerprint density at radius 2 is 1.72 bits per heavy atom. The minimum Gasteiger partial charge on any atom is -0.507 e. The summed E-state index contributed by atoms with van der Waals surface area (Å²) in [5, 5.41) is 11.1. The minimum atomic E-state index is 0.174. The monoisotopic (exact) mass is 337 g/mol. The molecule has 0 fully saturated rings. The molecule has 0 aliphatic rings. The van der Waals surface area contributed by atoms with Gasteiger partial charge in [0.25, 0.3) is 0 Å². The first-order chi connectivity index (χ1) is 12.2. The van der Waals surface area contributed by atoms with Crippen LogP contribution in [-0.2, 0) is 0 Å². The first-order valence-corrected chi connectivity index (χ1v) is 8.14. The number of aromatic hydroxyl groups is 1. The summed E-state index contributed by atoms with van der Waals surface area (Å²) in [7, 11) is 3.23. The second-order valence-corrected chi connectivity index (χ2v) is 5.59. The van der Waals surface area contributed by atoms with Gasteiger partial charge in [-0.25, -0.2) is 4.42 Å². The molecule has 3 aromatic rings. The molecule has 1 aromatic heterocycles. The van der Waals surface area contributed by atoms with Gasteiger partial charge in [-0.1, -0.05) is 13.0 Å². The van der Waals surface area contributed by atoms with Crippen LogP contribution >= 0.6 is 0 Å². The first kappa shape index (κ1) is 16.8. The van der Waals surface area contributed by atoms with Gasteiger partial charge in [0.2, 0.25) is 0 Å². The van der Waals surface area contributed by atoms with Crippen LogP contribution in [-0.4, -0.2) is 19.3 Å². The zero-order valence-corrected chi connectivity index (χ0v) is 14.6. The topological polar surface area (TPSA) is 50.0 Å². The van der Waals surface area contributed by atoms with Gasteiger partial charge in [0.1, 0.15) is 22.6 Å². The molecule has 0 aliphatic heterocycles. The third-order valence-corrected chi connectivity index (χ3v) is 4.15. The number of benzene rings is 2. The third-order valence-electron chi connectivity index (χ3n) is 4.15. The lowest BCUT2D eigenvalue weighted by molar-refractivity contribution is 0.406. The van der Waals surface area contributed by atoms with Crippen LogP contribution < -0.4 is 9.47 Å². The molecule has 0 bridgehead atoms. The number of hydrogen-bond donors (Lipinski definition) is 1. The fraction of sp³-hybridized carbons (Fsp3) is 0.190. The second kappa shape index (κ2) is 7.26. The van der Waals surface area contributed by atoms with Gasteiger partial charge in [0.15, 0.2) is 0 Å². The van der Waals surface area contributed by atoms with Crippen molar-refractivity contribution in [3.63, 3.8) is 0 Å². The van der Waals surface area contributed by atoms with Crippen molar-refractivity contribution < 1.29 is 19.0 Å². The molecule has 1 heterocycles. The predicted octanol–water partition coefficient (Wildman–Crippen LogP) is 5.39. The summed E-state index contributed by atoms with van der Waals surface area (Å²) in [6.45, 7) is 2.05. The van der Waals surface area contributed by atoms with Gasteiger partial charge < -0.3 is 14.6 Å². The lowest BCUT2D eigenvalue weighted by Gasteiger charge is -2.07. The van der Waals surface area contributed by atoms with Gasteiger partial charge in [-0.15, -0.1) is 0 Å². The Bertz CT molecular complexity index is 928. The summed E-state index contributed by atoms with van der Waals surface area (Å²) >= 11 is 0. The van der Waals surface area contributed by atoms with E-state index in [9.17, 15) is 5.11 Å². The summed E-state index contributed by atoms with van der Waals surface area (Å²) in [5.74, 6) is 2.31. The smallest absolute Gasteiger partial charge is 0.364 e. The van der Waals surface area contributed by atoms with Gasteiger partial charge in [-0.2, -0.15) is 0 Å². The normalized spacial score (nSPS) is 11.6. The van der Waals surface area contributed by atoms with E-state index in [4.69, 9.17) is 13.9 Å². The maximum absolute atomic E-state index is 10.2. The molecule has 0 atom stereocenters. The summed E-state index contributed by atoms with van der Waals surface area (Å²) in [6, 6.07) is 14.8. The average molecular weight is 337 g/mol. The zero-order valence-electron chi connectivity index (χ0n) is 14.6. The van der Waals surface area contributed by atoms with Crippen LogP contribution in [0.5, 0.6) is 17.2 Å². The van der Waals surface area contributed by atoms with Gasteiger partial charge >= 0.3 is 11.3 Å². The van der Waals surface area contributed by atoms with Crippen LogP contribution in [0.25, 0.3) is 22.6 Å². The molecule has 0 spiro atoms. The van der Waals surface area contributed by atoms with Gasteiger partial charge in [-0.05, 0) is 42.8 Å². The van der Waals surface area contributed by atoms with Crippen molar-refractivity contribution in [1.82, 2.24) is 0 Å². The Hall–Kier alpha value is -3.01. The fourth-order valence-electron chi connectivity index (χ4n) is 2.82. The highest BCUT2D eigenvalue weighted by molar-refractivity contribution is 5.87. The molecule has 3 rings (SSSR count). The lowest BCUT2D eigenvalue weighted by atomic mass is 10.0. The molecule has 0 aliphatic carbocycles. The van der Waals surface area contributed by atoms with E-state index in [-0.39, 0.29) is 5.75 Å². The van der Waals surface area contributed by atoms with Crippen molar-refractivity contribution in [2.45, 2.75) is 13.3 Å². The number of allylic oxidation sites excluding steroid dienone is 1. The Morgan fingerprint density at radius 1 is 1.00 bits per heavy atom. The molecule has 0 radical (unpaired) electrons. The largest absolute Gasteiger partial charge is 0.507 e. The van der Waals surface area contributed by atoms with Crippen molar-refractivity contribution in [3.8, 4) is 17.2 Å². The maximum Gasteiger partial charge on any atom is 0.364 e. The fourth-order valence-corrected chi connectivity index (χ4v) is 2.82. The number of ether oxygens (including phenoxy) is 2. The maximum atomic E-state index is 10.2. The third kappa shape index (κ3) is 3.29. The molecule has 0 amide bonds. The molecular weight excluding hydrogens is 316 g/mol. The molecule has 128 valence electrons. The van der Waals surface area contributed by atoms with E-state index in [1.54, 1.807) is 26.4 Å². The summed E-state index contributed by atoms with van der Waals surface area (Å²) < 4.78 is 16.8. The molecule has 4 heteroatoms. The first-order valence-electron chi connectivity index (χ1n) is 8.14. The molecule has 4 nitrogen and oxygen atoms in total. The number of fused-ring (bicyclic) bond motifs is 1. The highest BCUT2D eigenvalue weighted by Gasteiger charge is 2.19. The van der Waals surface area contributed by atoms with E-state index in [1.165, 1.54) is 0 Å². The highest BCUT2D eigenvalue weighted by Crippen LogP contribution is 2.34.